The van der Waals surface area contributed by atoms with Gasteiger partial charge in [-0.1, -0.05) is 42.5 Å². The summed E-state index contributed by atoms with van der Waals surface area (Å²) in [6.45, 7) is 4.62. The first-order chi connectivity index (χ1) is 17.0. The molecule has 0 aliphatic carbocycles. The van der Waals surface area contributed by atoms with Gasteiger partial charge in [0.25, 0.3) is 0 Å². The maximum absolute atomic E-state index is 13.4. The van der Waals surface area contributed by atoms with Gasteiger partial charge in [0.1, 0.15) is 0 Å². The van der Waals surface area contributed by atoms with E-state index in [9.17, 15) is 9.67 Å². The largest absolute Gasteiger partial charge is 0.494 e. The number of hydrogen-bond donors (Lipinski definition) is 3. The molecule has 0 amide bonds. The number of nitrogens with zero attached hydrogens (tertiary/aromatic N) is 1. The smallest absolute Gasteiger partial charge is 0.361 e. The minimum atomic E-state index is -3.51. The Balaban J connectivity index is 1.91. The van der Waals surface area contributed by atoms with Crippen LogP contribution >= 0.6 is 7.60 Å². The van der Waals surface area contributed by atoms with Gasteiger partial charge in [-0.05, 0) is 62.7 Å². The lowest BCUT2D eigenvalue weighted by Gasteiger charge is -2.17. The molecule has 0 bridgehead atoms. The van der Waals surface area contributed by atoms with Crippen LogP contribution in [-0.4, -0.2) is 35.6 Å². The molecule has 0 spiro atoms. The lowest BCUT2D eigenvalue weighted by atomic mass is 10.0. The molecule has 3 aromatic carbocycles. The van der Waals surface area contributed by atoms with E-state index in [1.54, 1.807) is 32.0 Å². The van der Waals surface area contributed by atoms with Gasteiger partial charge in [0, 0.05) is 16.5 Å². The summed E-state index contributed by atoms with van der Waals surface area (Å²) in [5, 5.41) is 12.1. The number of nitrogens with one attached hydrogen (secondary N) is 1. The maximum Gasteiger partial charge on any atom is 0.361 e. The van der Waals surface area contributed by atoms with Gasteiger partial charge in [0.15, 0.2) is 5.88 Å². The van der Waals surface area contributed by atoms with Crippen LogP contribution in [0.1, 0.15) is 30.5 Å². The van der Waals surface area contributed by atoms with E-state index in [2.05, 4.69) is 4.98 Å². The number of nitrogens with two attached hydrogens (primary N) is 1. The molecule has 0 saturated heterocycles. The number of rotatable bonds is 10. The minimum absolute atomic E-state index is 0.0258. The van der Waals surface area contributed by atoms with Crippen molar-refractivity contribution < 1.29 is 18.7 Å². The molecule has 1 heterocycles. The Morgan fingerprint density at radius 2 is 1.69 bits per heavy atom. The third kappa shape index (κ3) is 5.39. The summed E-state index contributed by atoms with van der Waals surface area (Å²) in [6.07, 6.45) is 0.793. The SMILES string of the molecule is CCOP(=O)(OCC)c1ccc2[nH]c(O)c(C(=Nc3ccc(CCN)cc3)c3ccccc3)c2c1. The molecule has 0 atom stereocenters. The zero-order valence-corrected chi connectivity index (χ0v) is 20.8. The molecule has 0 aliphatic heterocycles. The van der Waals surface area contributed by atoms with E-state index in [1.165, 1.54) is 0 Å². The van der Waals surface area contributed by atoms with Gasteiger partial charge in [0.05, 0.1) is 35.5 Å². The van der Waals surface area contributed by atoms with Crippen molar-refractivity contribution in [1.29, 1.82) is 0 Å². The van der Waals surface area contributed by atoms with E-state index >= 15 is 0 Å². The van der Waals surface area contributed by atoms with Crippen molar-refractivity contribution in [1.82, 2.24) is 4.98 Å². The molecule has 7 nitrogen and oxygen atoms in total. The molecule has 182 valence electrons. The second kappa shape index (κ2) is 11.0. The normalized spacial score (nSPS) is 12.4. The van der Waals surface area contributed by atoms with E-state index in [-0.39, 0.29) is 19.1 Å². The van der Waals surface area contributed by atoms with E-state index in [0.29, 0.717) is 34.0 Å². The molecule has 0 radical (unpaired) electrons. The van der Waals surface area contributed by atoms with Crippen molar-refractivity contribution in [2.24, 2.45) is 10.7 Å². The minimum Gasteiger partial charge on any atom is -0.494 e. The van der Waals surface area contributed by atoms with Crippen molar-refractivity contribution in [2.75, 3.05) is 19.8 Å². The van der Waals surface area contributed by atoms with Crippen LogP contribution in [0, 0.1) is 0 Å². The van der Waals surface area contributed by atoms with Crippen LogP contribution in [0.15, 0.2) is 77.8 Å². The van der Waals surface area contributed by atoms with Crippen LogP contribution < -0.4 is 11.0 Å². The van der Waals surface area contributed by atoms with Gasteiger partial charge in [0.2, 0.25) is 0 Å². The van der Waals surface area contributed by atoms with Crippen molar-refractivity contribution in [2.45, 2.75) is 20.3 Å². The molecular formula is C27H30N3O4P. The second-order valence-electron chi connectivity index (χ2n) is 7.94. The Kier molecular flexibility index (Phi) is 7.83. The average molecular weight is 492 g/mol. The first-order valence-electron chi connectivity index (χ1n) is 11.7. The highest BCUT2D eigenvalue weighted by molar-refractivity contribution is 7.62. The fourth-order valence-corrected chi connectivity index (χ4v) is 5.59. The first kappa shape index (κ1) is 24.9. The lowest BCUT2D eigenvalue weighted by molar-refractivity contribution is 0.230. The quantitative estimate of drug-likeness (QED) is 0.202. The van der Waals surface area contributed by atoms with E-state index < -0.39 is 7.60 Å². The van der Waals surface area contributed by atoms with Crippen LogP contribution in [0.5, 0.6) is 5.88 Å². The number of aromatic hydroxyl groups is 1. The molecule has 0 unspecified atom stereocenters. The molecule has 1 aromatic heterocycles. The van der Waals surface area contributed by atoms with Gasteiger partial charge in [-0.15, -0.1) is 0 Å². The summed E-state index contributed by atoms with van der Waals surface area (Å²) in [7, 11) is -3.51. The summed E-state index contributed by atoms with van der Waals surface area (Å²) >= 11 is 0. The lowest BCUT2D eigenvalue weighted by Crippen LogP contribution is -2.11. The molecule has 4 N–H and O–H groups in total. The zero-order valence-electron chi connectivity index (χ0n) is 19.9. The van der Waals surface area contributed by atoms with Crippen LogP contribution in [0.4, 0.5) is 5.69 Å². The van der Waals surface area contributed by atoms with Crippen LogP contribution in [0.3, 0.4) is 0 Å². The van der Waals surface area contributed by atoms with Crippen LogP contribution in [0.25, 0.3) is 10.9 Å². The Morgan fingerprint density at radius 1 is 1.00 bits per heavy atom. The number of fused-ring (bicyclic) bond motifs is 1. The number of aromatic nitrogens is 1. The Morgan fingerprint density at radius 3 is 2.31 bits per heavy atom. The molecule has 4 rings (SSSR count). The maximum atomic E-state index is 13.4. The van der Waals surface area contributed by atoms with Crippen molar-refractivity contribution in [3.05, 3.63) is 89.5 Å². The number of hydrogen-bond acceptors (Lipinski definition) is 6. The molecule has 8 heteroatoms. The number of aliphatic imine (C=N–C) groups is 1. The molecule has 0 saturated carbocycles. The summed E-state index contributed by atoms with van der Waals surface area (Å²) in [5.74, 6) is -0.0258. The Hall–Kier alpha value is -3.22. The molecular weight excluding hydrogens is 461 g/mol. The van der Waals surface area contributed by atoms with E-state index in [4.69, 9.17) is 19.8 Å². The summed E-state index contributed by atoms with van der Waals surface area (Å²) in [6, 6.07) is 22.7. The average Bonchev–Trinajstić information content (AvgIpc) is 3.19. The van der Waals surface area contributed by atoms with Gasteiger partial charge in [-0.25, -0.2) is 4.99 Å². The first-order valence-corrected chi connectivity index (χ1v) is 13.2. The molecule has 35 heavy (non-hydrogen) atoms. The van der Waals surface area contributed by atoms with Crippen LogP contribution in [0.2, 0.25) is 0 Å². The van der Waals surface area contributed by atoms with Crippen molar-refractivity contribution in [3.8, 4) is 5.88 Å². The highest BCUT2D eigenvalue weighted by Crippen LogP contribution is 2.47. The number of H-pyrrole nitrogens is 1. The van der Waals surface area contributed by atoms with E-state index in [0.717, 1.165) is 23.2 Å². The topological polar surface area (TPSA) is 110 Å². The highest BCUT2D eigenvalue weighted by Gasteiger charge is 2.28. The fraction of sp³-hybridized carbons (Fsp3) is 0.222. The van der Waals surface area contributed by atoms with Crippen molar-refractivity contribution >= 4 is 35.2 Å². The third-order valence-electron chi connectivity index (χ3n) is 5.57. The fourth-order valence-electron chi connectivity index (χ4n) is 4.00. The second-order valence-corrected chi connectivity index (χ2v) is 9.97. The number of aromatic amines is 1. The Labute approximate surface area is 205 Å². The highest BCUT2D eigenvalue weighted by atomic mass is 31.2. The summed E-state index contributed by atoms with van der Waals surface area (Å²) in [5.41, 5.74) is 10.2. The van der Waals surface area contributed by atoms with Crippen molar-refractivity contribution in [3.63, 3.8) is 0 Å². The predicted octanol–water partition coefficient (Wildman–Crippen LogP) is 5.44. The predicted molar refractivity (Wildman–Crippen MR) is 141 cm³/mol. The third-order valence-corrected chi connectivity index (χ3v) is 7.68. The van der Waals surface area contributed by atoms with Crippen LogP contribution in [-0.2, 0) is 20.0 Å². The number of benzene rings is 3. The van der Waals surface area contributed by atoms with Gasteiger partial charge in [-0.2, -0.15) is 0 Å². The zero-order chi connectivity index (χ0) is 24.8. The van der Waals surface area contributed by atoms with Gasteiger partial charge in [-0.3, -0.25) is 4.57 Å². The molecule has 0 fully saturated rings. The van der Waals surface area contributed by atoms with Gasteiger partial charge < -0.3 is 24.9 Å². The van der Waals surface area contributed by atoms with Gasteiger partial charge >= 0.3 is 7.60 Å². The monoisotopic (exact) mass is 491 g/mol. The summed E-state index contributed by atoms with van der Waals surface area (Å²) in [4.78, 5) is 7.94. The standard InChI is InChI=1S/C27H30N3O4P/c1-3-33-35(32,34-4-2)22-14-15-24-23(18-22)25(27(31)30-24)26(20-8-6-5-7-9-20)29-21-12-10-19(11-13-21)16-17-28/h5-15,18,30-31H,3-4,16-17,28H2,1-2H3. The molecule has 4 aromatic rings. The summed E-state index contributed by atoms with van der Waals surface area (Å²) < 4.78 is 24.5. The Bertz CT molecular complexity index is 1350. The van der Waals surface area contributed by atoms with E-state index in [1.807, 2.05) is 54.6 Å². The molecule has 0 aliphatic rings.